The van der Waals surface area contributed by atoms with Gasteiger partial charge < -0.3 is 15.2 Å². The molecule has 2 N–H and O–H groups in total. The summed E-state index contributed by atoms with van der Waals surface area (Å²) in [5.74, 6) is -2.33. The molecular formula is C14H11FN2O4. The van der Waals surface area contributed by atoms with Crippen LogP contribution in [0.3, 0.4) is 0 Å². The van der Waals surface area contributed by atoms with E-state index in [-0.39, 0.29) is 17.1 Å². The van der Waals surface area contributed by atoms with Gasteiger partial charge >= 0.3 is 5.97 Å². The molecule has 1 amide bonds. The summed E-state index contributed by atoms with van der Waals surface area (Å²) in [6, 6.07) is 10.2. The lowest BCUT2D eigenvalue weighted by Gasteiger charge is -2.10. The number of amides is 1. The second-order valence-corrected chi connectivity index (χ2v) is 3.98. The summed E-state index contributed by atoms with van der Waals surface area (Å²) in [6.07, 6.45) is 0. The van der Waals surface area contributed by atoms with Crippen LogP contribution in [-0.4, -0.2) is 28.6 Å². The maximum Gasteiger partial charge on any atom is 0.341 e. The van der Waals surface area contributed by atoms with E-state index in [0.29, 0.717) is 0 Å². The summed E-state index contributed by atoms with van der Waals surface area (Å²) in [5, 5.41) is 11.1. The van der Waals surface area contributed by atoms with E-state index in [1.54, 1.807) is 12.1 Å². The van der Waals surface area contributed by atoms with Gasteiger partial charge in [0, 0.05) is 0 Å². The summed E-state index contributed by atoms with van der Waals surface area (Å²) in [7, 11) is 0. The number of anilines is 1. The number of carbonyl (C=O) groups excluding carboxylic acids is 1. The molecule has 2 aromatic rings. The first kappa shape index (κ1) is 14.4. The molecule has 0 aliphatic carbocycles. The van der Waals surface area contributed by atoms with Crippen molar-refractivity contribution in [3.63, 3.8) is 0 Å². The van der Waals surface area contributed by atoms with Crippen LogP contribution in [0, 0.1) is 5.95 Å². The van der Waals surface area contributed by atoms with Crippen molar-refractivity contribution in [1.29, 1.82) is 0 Å². The Labute approximate surface area is 119 Å². The zero-order valence-electron chi connectivity index (χ0n) is 10.7. The Kier molecular flexibility index (Phi) is 4.45. The fourth-order valence-electron chi connectivity index (χ4n) is 1.56. The fourth-order valence-corrected chi connectivity index (χ4v) is 1.56. The first-order valence-electron chi connectivity index (χ1n) is 5.94. The second kappa shape index (κ2) is 6.47. The molecule has 21 heavy (non-hydrogen) atoms. The summed E-state index contributed by atoms with van der Waals surface area (Å²) in [5.41, 5.74) is 0.179. The van der Waals surface area contributed by atoms with Crippen molar-refractivity contribution in [2.75, 3.05) is 11.9 Å². The number of aliphatic carboxylic acids is 1. The Morgan fingerprint density at radius 3 is 2.67 bits per heavy atom. The molecule has 1 aromatic heterocycles. The minimum Gasteiger partial charge on any atom is -0.480 e. The van der Waals surface area contributed by atoms with Crippen LogP contribution < -0.4 is 10.1 Å². The van der Waals surface area contributed by atoms with Crippen LogP contribution >= 0.6 is 0 Å². The normalized spacial score (nSPS) is 9.95. The Bertz CT molecular complexity index is 676. The van der Waals surface area contributed by atoms with E-state index < -0.39 is 24.4 Å². The van der Waals surface area contributed by atoms with Crippen LogP contribution in [-0.2, 0) is 4.79 Å². The second-order valence-electron chi connectivity index (χ2n) is 3.98. The summed E-state index contributed by atoms with van der Waals surface area (Å²) in [4.78, 5) is 25.9. The van der Waals surface area contributed by atoms with E-state index in [4.69, 9.17) is 9.84 Å². The lowest BCUT2D eigenvalue weighted by molar-refractivity contribution is -0.139. The van der Waals surface area contributed by atoms with Crippen LogP contribution in [0.5, 0.6) is 5.75 Å². The van der Waals surface area contributed by atoms with Gasteiger partial charge in [0.2, 0.25) is 5.95 Å². The highest BCUT2D eigenvalue weighted by molar-refractivity contribution is 6.03. The largest absolute Gasteiger partial charge is 0.480 e. The van der Waals surface area contributed by atoms with Gasteiger partial charge in [-0.2, -0.15) is 4.39 Å². The van der Waals surface area contributed by atoms with E-state index in [1.165, 1.54) is 24.3 Å². The van der Waals surface area contributed by atoms with Gasteiger partial charge in [-0.25, -0.2) is 9.78 Å². The van der Waals surface area contributed by atoms with E-state index in [2.05, 4.69) is 10.3 Å². The van der Waals surface area contributed by atoms with Gasteiger partial charge in [-0.05, 0) is 24.3 Å². The lowest BCUT2D eigenvalue weighted by atomic mass is 10.2. The maximum atomic E-state index is 13.0. The number of ether oxygens (including phenoxy) is 1. The molecule has 0 atom stereocenters. The predicted octanol–water partition coefficient (Wildman–Crippen LogP) is 1.94. The molecule has 1 heterocycles. The third-order valence-corrected chi connectivity index (χ3v) is 2.43. The molecule has 0 saturated carbocycles. The first-order valence-corrected chi connectivity index (χ1v) is 5.94. The number of carbonyl (C=O) groups is 2. The number of rotatable bonds is 5. The van der Waals surface area contributed by atoms with Crippen LogP contribution in [0.25, 0.3) is 0 Å². The topological polar surface area (TPSA) is 88.5 Å². The molecule has 0 bridgehead atoms. The van der Waals surface area contributed by atoms with Gasteiger partial charge in [-0.15, -0.1) is 0 Å². The molecule has 2 rings (SSSR count). The molecule has 0 radical (unpaired) electrons. The molecule has 0 spiro atoms. The fraction of sp³-hybridized carbons (Fsp3) is 0.0714. The molecule has 6 nitrogen and oxygen atoms in total. The van der Waals surface area contributed by atoms with Crippen LogP contribution in [0.4, 0.5) is 10.1 Å². The standard InChI is InChI=1S/C14H11FN2O4/c15-12-7-3-5-10(16-12)14(20)17-9-4-1-2-6-11(9)21-8-13(18)19/h1-7H,8H2,(H,17,20)(H,18,19). The van der Waals surface area contributed by atoms with Crippen molar-refractivity contribution in [2.24, 2.45) is 0 Å². The number of hydrogen-bond acceptors (Lipinski definition) is 4. The van der Waals surface area contributed by atoms with Gasteiger partial charge in [0.1, 0.15) is 11.4 Å². The number of carboxylic acid groups (broad SMARTS) is 1. The lowest BCUT2D eigenvalue weighted by Crippen LogP contribution is -2.16. The zero-order chi connectivity index (χ0) is 15.2. The molecular weight excluding hydrogens is 279 g/mol. The number of hydrogen-bond donors (Lipinski definition) is 2. The van der Waals surface area contributed by atoms with E-state index in [0.717, 1.165) is 6.07 Å². The number of carboxylic acids is 1. The third kappa shape index (κ3) is 4.00. The maximum absolute atomic E-state index is 13.0. The van der Waals surface area contributed by atoms with Crippen molar-refractivity contribution in [3.8, 4) is 5.75 Å². The van der Waals surface area contributed by atoms with Crippen molar-refractivity contribution in [3.05, 3.63) is 54.1 Å². The van der Waals surface area contributed by atoms with Crippen LogP contribution in [0.15, 0.2) is 42.5 Å². The van der Waals surface area contributed by atoms with Crippen LogP contribution in [0.2, 0.25) is 0 Å². The van der Waals surface area contributed by atoms with E-state index in [9.17, 15) is 14.0 Å². The molecule has 7 heteroatoms. The molecule has 1 aromatic carbocycles. The Morgan fingerprint density at radius 1 is 1.19 bits per heavy atom. The highest BCUT2D eigenvalue weighted by Gasteiger charge is 2.12. The summed E-state index contributed by atoms with van der Waals surface area (Å²) < 4.78 is 18.0. The number of halogens is 1. The van der Waals surface area contributed by atoms with E-state index in [1.807, 2.05) is 0 Å². The third-order valence-electron chi connectivity index (χ3n) is 2.43. The highest BCUT2D eigenvalue weighted by atomic mass is 19.1. The first-order chi connectivity index (χ1) is 10.1. The van der Waals surface area contributed by atoms with Crippen molar-refractivity contribution in [2.45, 2.75) is 0 Å². The smallest absolute Gasteiger partial charge is 0.341 e. The van der Waals surface area contributed by atoms with Gasteiger partial charge in [0.05, 0.1) is 5.69 Å². The minimum atomic E-state index is -1.14. The van der Waals surface area contributed by atoms with Gasteiger partial charge in [-0.1, -0.05) is 18.2 Å². The minimum absolute atomic E-state index is 0.0944. The number of pyridine rings is 1. The molecule has 0 aliphatic heterocycles. The molecule has 0 saturated heterocycles. The van der Waals surface area contributed by atoms with Gasteiger partial charge in [0.15, 0.2) is 6.61 Å². The van der Waals surface area contributed by atoms with Gasteiger partial charge in [-0.3, -0.25) is 4.79 Å². The average Bonchev–Trinajstić information content (AvgIpc) is 2.46. The summed E-state index contributed by atoms with van der Waals surface area (Å²) in [6.45, 7) is -0.537. The molecule has 0 aliphatic rings. The molecule has 108 valence electrons. The Morgan fingerprint density at radius 2 is 1.95 bits per heavy atom. The predicted molar refractivity (Wildman–Crippen MR) is 71.7 cm³/mol. The number of nitrogens with zero attached hydrogens (tertiary/aromatic N) is 1. The molecule has 0 fully saturated rings. The monoisotopic (exact) mass is 290 g/mol. The number of para-hydroxylation sites is 2. The zero-order valence-corrected chi connectivity index (χ0v) is 10.7. The Hall–Kier alpha value is -2.96. The number of nitrogens with one attached hydrogen (secondary N) is 1. The molecule has 0 unspecified atom stereocenters. The van der Waals surface area contributed by atoms with Gasteiger partial charge in [0.25, 0.3) is 5.91 Å². The highest BCUT2D eigenvalue weighted by Crippen LogP contribution is 2.24. The van der Waals surface area contributed by atoms with Crippen molar-refractivity contribution >= 4 is 17.6 Å². The quantitative estimate of drug-likeness (QED) is 0.821. The van der Waals surface area contributed by atoms with E-state index >= 15 is 0 Å². The SMILES string of the molecule is O=C(O)COc1ccccc1NC(=O)c1cccc(F)n1. The number of aromatic nitrogens is 1. The number of benzene rings is 1. The Balaban J connectivity index is 2.15. The average molecular weight is 290 g/mol. The van der Waals surface area contributed by atoms with Crippen molar-refractivity contribution < 1.29 is 23.8 Å². The van der Waals surface area contributed by atoms with Crippen LogP contribution in [0.1, 0.15) is 10.5 Å². The summed E-state index contributed by atoms with van der Waals surface area (Å²) >= 11 is 0. The van der Waals surface area contributed by atoms with Crippen molar-refractivity contribution in [1.82, 2.24) is 4.98 Å².